The number of aliphatic hydroxyl groups is 1. The van der Waals surface area contributed by atoms with E-state index in [0.717, 1.165) is 12.8 Å². The van der Waals surface area contributed by atoms with Gasteiger partial charge in [-0.15, -0.1) is 5.10 Å². The normalized spacial score (nSPS) is 25.9. The number of hydrogen-bond acceptors (Lipinski definition) is 4. The van der Waals surface area contributed by atoms with Crippen molar-refractivity contribution in [2.24, 2.45) is 0 Å². The van der Waals surface area contributed by atoms with Crippen LogP contribution in [0.15, 0.2) is 6.20 Å². The summed E-state index contributed by atoms with van der Waals surface area (Å²) >= 11 is 0. The van der Waals surface area contributed by atoms with Gasteiger partial charge in [0.1, 0.15) is 5.69 Å². The van der Waals surface area contributed by atoms with Gasteiger partial charge < -0.3 is 9.84 Å². The van der Waals surface area contributed by atoms with Gasteiger partial charge >= 0.3 is 0 Å². The quantitative estimate of drug-likeness (QED) is 0.842. The Morgan fingerprint density at radius 3 is 2.94 bits per heavy atom. The first-order valence-corrected chi connectivity index (χ1v) is 5.72. The zero-order valence-corrected chi connectivity index (χ0v) is 10.1. The highest BCUT2D eigenvalue weighted by Gasteiger charge is 2.31. The Morgan fingerprint density at radius 2 is 2.44 bits per heavy atom. The summed E-state index contributed by atoms with van der Waals surface area (Å²) in [7, 11) is 0. The Bertz CT molecular complexity index is 360. The number of hydrogen-bond donors (Lipinski definition) is 1. The molecule has 90 valence electrons. The van der Waals surface area contributed by atoms with Crippen molar-refractivity contribution in [3.8, 4) is 0 Å². The van der Waals surface area contributed by atoms with E-state index in [9.17, 15) is 5.11 Å². The maximum atomic E-state index is 9.33. The summed E-state index contributed by atoms with van der Waals surface area (Å²) in [6, 6.07) is 0. The molecule has 5 nitrogen and oxygen atoms in total. The summed E-state index contributed by atoms with van der Waals surface area (Å²) in [6.45, 7) is 6.61. The van der Waals surface area contributed by atoms with Crippen LogP contribution in [-0.2, 0) is 11.3 Å². The van der Waals surface area contributed by atoms with Gasteiger partial charge in [0, 0.05) is 0 Å². The fraction of sp³-hybridized carbons (Fsp3) is 0.818. The van der Waals surface area contributed by atoms with E-state index in [1.165, 1.54) is 0 Å². The second kappa shape index (κ2) is 4.14. The minimum absolute atomic E-state index is 0.0155. The lowest BCUT2D eigenvalue weighted by atomic mass is 10.1. The van der Waals surface area contributed by atoms with Gasteiger partial charge in [-0.2, -0.15) is 0 Å². The molecule has 1 aromatic rings. The Labute approximate surface area is 95.4 Å². The van der Waals surface area contributed by atoms with E-state index in [4.69, 9.17) is 4.74 Å². The lowest BCUT2D eigenvalue weighted by Gasteiger charge is -2.18. The molecule has 1 fully saturated rings. The molecule has 1 aromatic heterocycles. The number of aliphatic hydroxyl groups excluding tert-OH is 1. The average molecular weight is 225 g/mol. The molecule has 0 bridgehead atoms. The summed E-state index contributed by atoms with van der Waals surface area (Å²) in [5.41, 5.74) is 0.593. The molecular formula is C11H19N3O2. The van der Waals surface area contributed by atoms with Crippen LogP contribution >= 0.6 is 0 Å². The monoisotopic (exact) mass is 225 g/mol. The third-order valence-electron chi connectivity index (χ3n) is 2.93. The van der Waals surface area contributed by atoms with Crippen molar-refractivity contribution >= 4 is 0 Å². The molecular weight excluding hydrogens is 206 g/mol. The molecule has 0 aromatic carbocycles. The van der Waals surface area contributed by atoms with Crippen molar-refractivity contribution < 1.29 is 9.84 Å². The predicted molar refractivity (Wildman–Crippen MR) is 58.8 cm³/mol. The predicted octanol–water partition coefficient (Wildman–Crippen LogP) is 1.29. The van der Waals surface area contributed by atoms with Crippen LogP contribution in [0.1, 0.15) is 45.4 Å². The van der Waals surface area contributed by atoms with Gasteiger partial charge in [0.15, 0.2) is 0 Å². The molecule has 0 radical (unpaired) electrons. The highest BCUT2D eigenvalue weighted by molar-refractivity contribution is 4.95. The minimum atomic E-state index is -0.560. The fourth-order valence-electron chi connectivity index (χ4n) is 2.01. The molecule has 0 saturated carbocycles. The molecule has 0 spiro atoms. The third-order valence-corrected chi connectivity index (χ3v) is 2.93. The van der Waals surface area contributed by atoms with Gasteiger partial charge in [-0.1, -0.05) is 5.21 Å². The van der Waals surface area contributed by atoms with Crippen LogP contribution in [-0.4, -0.2) is 31.8 Å². The van der Waals surface area contributed by atoms with Gasteiger partial charge in [-0.25, -0.2) is 4.68 Å². The number of rotatable bonds is 3. The SMILES string of the molecule is CC(O)c1cn(CC2CCC(C)(C)O2)nn1. The van der Waals surface area contributed by atoms with E-state index in [-0.39, 0.29) is 11.7 Å². The zero-order valence-electron chi connectivity index (χ0n) is 10.1. The molecule has 0 amide bonds. The summed E-state index contributed by atoms with van der Waals surface area (Å²) in [4.78, 5) is 0. The van der Waals surface area contributed by atoms with Crippen molar-refractivity contribution in [3.63, 3.8) is 0 Å². The minimum Gasteiger partial charge on any atom is -0.387 e. The van der Waals surface area contributed by atoms with Crippen LogP contribution in [0, 0.1) is 0 Å². The Hall–Kier alpha value is -0.940. The average Bonchev–Trinajstić information content (AvgIpc) is 2.73. The first-order valence-electron chi connectivity index (χ1n) is 5.72. The van der Waals surface area contributed by atoms with Crippen LogP contribution in [0.4, 0.5) is 0 Å². The topological polar surface area (TPSA) is 60.2 Å². The molecule has 2 atom stereocenters. The van der Waals surface area contributed by atoms with Crippen molar-refractivity contribution in [2.75, 3.05) is 0 Å². The summed E-state index contributed by atoms with van der Waals surface area (Å²) in [6.07, 6.45) is 3.56. The Morgan fingerprint density at radius 1 is 1.69 bits per heavy atom. The van der Waals surface area contributed by atoms with Crippen molar-refractivity contribution in [3.05, 3.63) is 11.9 Å². The molecule has 1 saturated heterocycles. The van der Waals surface area contributed by atoms with Gasteiger partial charge in [0.25, 0.3) is 0 Å². The van der Waals surface area contributed by atoms with Crippen LogP contribution in [0.5, 0.6) is 0 Å². The summed E-state index contributed by atoms with van der Waals surface area (Å²) < 4.78 is 7.62. The van der Waals surface area contributed by atoms with Crippen LogP contribution in [0.25, 0.3) is 0 Å². The standard InChI is InChI=1S/C11H19N3O2/c1-8(15)10-7-14(13-12-10)6-9-4-5-11(2,3)16-9/h7-9,15H,4-6H2,1-3H3. The van der Waals surface area contributed by atoms with Gasteiger partial charge in [0.05, 0.1) is 30.6 Å². The van der Waals surface area contributed by atoms with Crippen LogP contribution in [0.3, 0.4) is 0 Å². The van der Waals surface area contributed by atoms with E-state index in [1.54, 1.807) is 17.8 Å². The molecule has 2 unspecified atom stereocenters. The molecule has 2 rings (SSSR count). The first-order chi connectivity index (χ1) is 7.46. The molecule has 1 aliphatic heterocycles. The summed E-state index contributed by atoms with van der Waals surface area (Å²) in [5, 5.41) is 17.2. The molecule has 16 heavy (non-hydrogen) atoms. The van der Waals surface area contributed by atoms with E-state index < -0.39 is 6.10 Å². The fourth-order valence-corrected chi connectivity index (χ4v) is 2.01. The van der Waals surface area contributed by atoms with Gasteiger partial charge in [-0.05, 0) is 33.6 Å². The second-order valence-corrected chi connectivity index (χ2v) is 5.08. The third kappa shape index (κ3) is 2.59. The second-order valence-electron chi connectivity index (χ2n) is 5.08. The highest BCUT2D eigenvalue weighted by atomic mass is 16.5. The molecule has 1 N–H and O–H groups in total. The van der Waals surface area contributed by atoms with Crippen molar-refractivity contribution in [1.29, 1.82) is 0 Å². The van der Waals surface area contributed by atoms with E-state index in [0.29, 0.717) is 12.2 Å². The molecule has 5 heteroatoms. The van der Waals surface area contributed by atoms with Crippen LogP contribution in [0.2, 0.25) is 0 Å². The van der Waals surface area contributed by atoms with E-state index in [2.05, 4.69) is 24.2 Å². The van der Waals surface area contributed by atoms with E-state index in [1.807, 2.05) is 0 Å². The van der Waals surface area contributed by atoms with E-state index >= 15 is 0 Å². The molecule has 0 aliphatic carbocycles. The number of ether oxygens (including phenoxy) is 1. The van der Waals surface area contributed by atoms with Crippen molar-refractivity contribution in [2.45, 2.75) is 58.0 Å². The highest BCUT2D eigenvalue weighted by Crippen LogP contribution is 2.29. The van der Waals surface area contributed by atoms with Gasteiger partial charge in [0.2, 0.25) is 0 Å². The smallest absolute Gasteiger partial charge is 0.111 e. The Balaban J connectivity index is 1.94. The van der Waals surface area contributed by atoms with Crippen LogP contribution < -0.4 is 0 Å². The molecule has 1 aliphatic rings. The largest absolute Gasteiger partial charge is 0.387 e. The maximum absolute atomic E-state index is 9.33. The molecule has 2 heterocycles. The lowest BCUT2D eigenvalue weighted by molar-refractivity contribution is -0.0231. The number of aromatic nitrogens is 3. The zero-order chi connectivity index (χ0) is 11.8. The summed E-state index contributed by atoms with van der Waals surface area (Å²) in [5.74, 6) is 0. The Kier molecular flexibility index (Phi) is 2.99. The lowest BCUT2D eigenvalue weighted by Crippen LogP contribution is -2.23. The maximum Gasteiger partial charge on any atom is 0.111 e. The first kappa shape index (κ1) is 11.5. The van der Waals surface area contributed by atoms with Crippen molar-refractivity contribution in [1.82, 2.24) is 15.0 Å². The van der Waals surface area contributed by atoms with Gasteiger partial charge in [-0.3, -0.25) is 0 Å². The number of nitrogens with zero attached hydrogens (tertiary/aromatic N) is 3.